The van der Waals surface area contributed by atoms with Gasteiger partial charge in [0.1, 0.15) is 12.4 Å². The first-order valence-corrected chi connectivity index (χ1v) is 6.77. The van der Waals surface area contributed by atoms with Crippen LogP contribution in [0.1, 0.15) is 38.2 Å². The SMILES string of the molecule is CC(N)Cc1ccc(OCC2(O)CCCC2)cc1. The van der Waals surface area contributed by atoms with E-state index in [0.717, 1.165) is 37.9 Å². The van der Waals surface area contributed by atoms with E-state index in [4.69, 9.17) is 10.5 Å². The lowest BCUT2D eigenvalue weighted by Gasteiger charge is -2.22. The second-order valence-corrected chi connectivity index (χ2v) is 5.55. The molecule has 0 heterocycles. The number of nitrogens with two attached hydrogens (primary N) is 1. The normalized spacial score (nSPS) is 19.7. The molecule has 1 atom stereocenters. The van der Waals surface area contributed by atoms with Crippen LogP contribution in [0.3, 0.4) is 0 Å². The molecule has 0 aromatic heterocycles. The zero-order valence-corrected chi connectivity index (χ0v) is 11.1. The molecule has 100 valence electrons. The van der Waals surface area contributed by atoms with E-state index in [0.29, 0.717) is 6.61 Å². The molecule has 1 aromatic carbocycles. The molecule has 0 saturated heterocycles. The Bertz CT molecular complexity index is 367. The van der Waals surface area contributed by atoms with Crippen molar-refractivity contribution in [3.63, 3.8) is 0 Å². The summed E-state index contributed by atoms with van der Waals surface area (Å²) < 4.78 is 5.67. The Morgan fingerprint density at radius 1 is 1.28 bits per heavy atom. The van der Waals surface area contributed by atoms with E-state index in [9.17, 15) is 5.11 Å². The van der Waals surface area contributed by atoms with E-state index in [1.54, 1.807) is 0 Å². The van der Waals surface area contributed by atoms with Gasteiger partial charge in [0, 0.05) is 6.04 Å². The Morgan fingerprint density at radius 2 is 1.89 bits per heavy atom. The third-order valence-electron chi connectivity index (χ3n) is 3.52. The highest BCUT2D eigenvalue weighted by Crippen LogP contribution is 2.30. The summed E-state index contributed by atoms with van der Waals surface area (Å²) in [6.07, 6.45) is 4.80. The smallest absolute Gasteiger partial charge is 0.119 e. The lowest BCUT2D eigenvalue weighted by Crippen LogP contribution is -2.32. The van der Waals surface area contributed by atoms with Crippen LogP contribution in [-0.4, -0.2) is 23.4 Å². The molecule has 2 rings (SSSR count). The Labute approximate surface area is 109 Å². The summed E-state index contributed by atoms with van der Waals surface area (Å²) in [6.45, 7) is 2.40. The van der Waals surface area contributed by atoms with Crippen LogP contribution in [-0.2, 0) is 6.42 Å². The van der Waals surface area contributed by atoms with Crippen molar-refractivity contribution in [3.8, 4) is 5.75 Å². The van der Waals surface area contributed by atoms with Crippen molar-refractivity contribution in [2.45, 2.75) is 50.7 Å². The molecule has 1 aromatic rings. The Morgan fingerprint density at radius 3 is 2.44 bits per heavy atom. The van der Waals surface area contributed by atoms with Gasteiger partial charge in [-0.05, 0) is 43.9 Å². The van der Waals surface area contributed by atoms with Crippen LogP contribution in [0.25, 0.3) is 0 Å². The van der Waals surface area contributed by atoms with Gasteiger partial charge >= 0.3 is 0 Å². The predicted octanol–water partition coefficient (Wildman–Crippen LogP) is 2.26. The summed E-state index contributed by atoms with van der Waals surface area (Å²) >= 11 is 0. The minimum atomic E-state index is -0.607. The number of ether oxygens (including phenoxy) is 1. The van der Waals surface area contributed by atoms with E-state index < -0.39 is 5.60 Å². The van der Waals surface area contributed by atoms with Crippen molar-refractivity contribution in [1.82, 2.24) is 0 Å². The Balaban J connectivity index is 1.86. The van der Waals surface area contributed by atoms with Crippen molar-refractivity contribution < 1.29 is 9.84 Å². The summed E-state index contributed by atoms with van der Waals surface area (Å²) in [7, 11) is 0. The standard InChI is InChI=1S/C15H23NO2/c1-12(16)10-13-4-6-14(7-5-13)18-11-15(17)8-2-3-9-15/h4-7,12,17H,2-3,8-11,16H2,1H3. The maximum absolute atomic E-state index is 10.2. The minimum Gasteiger partial charge on any atom is -0.491 e. The topological polar surface area (TPSA) is 55.5 Å². The molecule has 0 amide bonds. The number of rotatable bonds is 5. The van der Waals surface area contributed by atoms with Crippen LogP contribution < -0.4 is 10.5 Å². The van der Waals surface area contributed by atoms with Crippen LogP contribution in [0.15, 0.2) is 24.3 Å². The van der Waals surface area contributed by atoms with E-state index in [1.807, 2.05) is 31.2 Å². The molecule has 0 spiro atoms. The molecule has 3 nitrogen and oxygen atoms in total. The molecule has 0 aliphatic heterocycles. The van der Waals surface area contributed by atoms with Crippen LogP contribution in [0.4, 0.5) is 0 Å². The summed E-state index contributed by atoms with van der Waals surface area (Å²) in [5.74, 6) is 0.823. The Hall–Kier alpha value is -1.06. The van der Waals surface area contributed by atoms with Gasteiger partial charge in [-0.2, -0.15) is 0 Å². The van der Waals surface area contributed by atoms with Crippen molar-refractivity contribution in [2.24, 2.45) is 5.73 Å². The molecule has 1 unspecified atom stereocenters. The average Bonchev–Trinajstić information content (AvgIpc) is 2.75. The van der Waals surface area contributed by atoms with Gasteiger partial charge < -0.3 is 15.6 Å². The van der Waals surface area contributed by atoms with Gasteiger partial charge in [0.15, 0.2) is 0 Å². The molecule has 0 bridgehead atoms. The molecule has 3 N–H and O–H groups in total. The maximum atomic E-state index is 10.2. The van der Waals surface area contributed by atoms with Crippen LogP contribution in [0.2, 0.25) is 0 Å². The van der Waals surface area contributed by atoms with Crippen molar-refractivity contribution in [2.75, 3.05) is 6.61 Å². The van der Waals surface area contributed by atoms with Gasteiger partial charge in [0.05, 0.1) is 5.60 Å². The van der Waals surface area contributed by atoms with Gasteiger partial charge in [0.25, 0.3) is 0 Å². The molecule has 3 heteroatoms. The number of benzene rings is 1. The first-order valence-electron chi connectivity index (χ1n) is 6.77. The molecule has 1 aliphatic rings. The van der Waals surface area contributed by atoms with E-state index >= 15 is 0 Å². The maximum Gasteiger partial charge on any atom is 0.119 e. The fourth-order valence-electron chi connectivity index (χ4n) is 2.49. The van der Waals surface area contributed by atoms with Gasteiger partial charge in [-0.15, -0.1) is 0 Å². The zero-order chi connectivity index (χ0) is 13.0. The highest BCUT2D eigenvalue weighted by molar-refractivity contribution is 5.27. The van der Waals surface area contributed by atoms with Crippen LogP contribution in [0.5, 0.6) is 5.75 Å². The highest BCUT2D eigenvalue weighted by Gasteiger charge is 2.31. The molecule has 1 aliphatic carbocycles. The lowest BCUT2D eigenvalue weighted by molar-refractivity contribution is 0.00141. The van der Waals surface area contributed by atoms with Crippen molar-refractivity contribution >= 4 is 0 Å². The van der Waals surface area contributed by atoms with Crippen LogP contribution >= 0.6 is 0 Å². The summed E-state index contributed by atoms with van der Waals surface area (Å²) in [5.41, 5.74) is 6.37. The van der Waals surface area contributed by atoms with E-state index in [-0.39, 0.29) is 6.04 Å². The Kier molecular flexibility index (Phi) is 4.25. The average molecular weight is 249 g/mol. The van der Waals surface area contributed by atoms with Gasteiger partial charge in [0.2, 0.25) is 0 Å². The molecule has 1 saturated carbocycles. The largest absolute Gasteiger partial charge is 0.491 e. The van der Waals surface area contributed by atoms with Crippen LogP contribution in [0, 0.1) is 0 Å². The molecule has 1 fully saturated rings. The van der Waals surface area contributed by atoms with E-state index in [2.05, 4.69) is 0 Å². The van der Waals surface area contributed by atoms with Gasteiger partial charge in [-0.25, -0.2) is 0 Å². The monoisotopic (exact) mass is 249 g/mol. The second-order valence-electron chi connectivity index (χ2n) is 5.55. The van der Waals surface area contributed by atoms with Gasteiger partial charge in [-0.3, -0.25) is 0 Å². The van der Waals surface area contributed by atoms with E-state index in [1.165, 1.54) is 5.56 Å². The summed E-state index contributed by atoms with van der Waals surface area (Å²) in [5, 5.41) is 10.2. The molecule has 18 heavy (non-hydrogen) atoms. The summed E-state index contributed by atoms with van der Waals surface area (Å²) in [6, 6.07) is 8.16. The third kappa shape index (κ3) is 3.72. The minimum absolute atomic E-state index is 0.177. The van der Waals surface area contributed by atoms with Gasteiger partial charge in [-0.1, -0.05) is 25.0 Å². The second kappa shape index (κ2) is 5.72. The number of aliphatic hydroxyl groups is 1. The quantitative estimate of drug-likeness (QED) is 0.841. The summed E-state index contributed by atoms with van der Waals surface area (Å²) in [4.78, 5) is 0. The van der Waals surface area contributed by atoms with Crippen molar-refractivity contribution in [3.05, 3.63) is 29.8 Å². The molecular weight excluding hydrogens is 226 g/mol. The number of hydrogen-bond acceptors (Lipinski definition) is 3. The third-order valence-corrected chi connectivity index (χ3v) is 3.52. The lowest BCUT2D eigenvalue weighted by atomic mass is 10.0. The fraction of sp³-hybridized carbons (Fsp3) is 0.600. The molecular formula is C15H23NO2. The zero-order valence-electron chi connectivity index (χ0n) is 11.1. The predicted molar refractivity (Wildman–Crippen MR) is 72.7 cm³/mol. The highest BCUT2D eigenvalue weighted by atomic mass is 16.5. The van der Waals surface area contributed by atoms with Crippen molar-refractivity contribution in [1.29, 1.82) is 0 Å². The molecule has 0 radical (unpaired) electrons. The first kappa shape index (κ1) is 13.4. The first-order chi connectivity index (χ1) is 8.57. The number of hydrogen-bond donors (Lipinski definition) is 2. The fourth-order valence-corrected chi connectivity index (χ4v) is 2.49.